The highest BCUT2D eigenvalue weighted by Gasteiger charge is 2.27. The molecule has 4 rings (SSSR count). The van der Waals surface area contributed by atoms with E-state index < -0.39 is 5.97 Å². The number of carboxylic acids is 1. The molecule has 0 radical (unpaired) electrons. The molecule has 1 fully saturated rings. The van der Waals surface area contributed by atoms with E-state index in [9.17, 15) is 9.59 Å². The van der Waals surface area contributed by atoms with Gasteiger partial charge in [-0.25, -0.2) is 4.79 Å². The molecule has 1 aromatic carbocycles. The lowest BCUT2D eigenvalue weighted by Gasteiger charge is -2.32. The average Bonchev–Trinajstić information content (AvgIpc) is 3.34. The zero-order chi connectivity index (χ0) is 19.0. The fourth-order valence-electron chi connectivity index (χ4n) is 3.61. The fourth-order valence-corrected chi connectivity index (χ4v) is 3.61. The van der Waals surface area contributed by atoms with Crippen LogP contribution in [0.15, 0.2) is 41.3 Å². The molecule has 0 aliphatic carbocycles. The number of hydrogen-bond donors (Lipinski definition) is 1. The Bertz CT molecular complexity index is 996. The van der Waals surface area contributed by atoms with Crippen molar-refractivity contribution < 1.29 is 19.1 Å². The number of piperidine rings is 1. The Morgan fingerprint density at radius 1 is 1.30 bits per heavy atom. The van der Waals surface area contributed by atoms with Crippen LogP contribution >= 0.6 is 0 Å². The highest BCUT2D eigenvalue weighted by Crippen LogP contribution is 2.27. The molecule has 0 atom stereocenters. The van der Waals surface area contributed by atoms with Gasteiger partial charge >= 0.3 is 5.97 Å². The van der Waals surface area contributed by atoms with Gasteiger partial charge in [0, 0.05) is 24.7 Å². The van der Waals surface area contributed by atoms with Crippen LogP contribution in [0.25, 0.3) is 11.0 Å². The summed E-state index contributed by atoms with van der Waals surface area (Å²) < 4.78 is 7.26. The minimum atomic E-state index is -0.979. The van der Waals surface area contributed by atoms with Crippen LogP contribution in [0.2, 0.25) is 0 Å². The Kier molecular flexibility index (Phi) is 4.43. The molecule has 0 saturated carbocycles. The summed E-state index contributed by atoms with van der Waals surface area (Å²) in [5, 5.41) is 14.0. The lowest BCUT2D eigenvalue weighted by Crippen LogP contribution is -2.39. The summed E-state index contributed by atoms with van der Waals surface area (Å²) in [6.07, 6.45) is 6.85. The van der Waals surface area contributed by atoms with Gasteiger partial charge in [-0.3, -0.25) is 9.48 Å². The third kappa shape index (κ3) is 3.20. The van der Waals surface area contributed by atoms with Crippen LogP contribution in [0.5, 0.6) is 0 Å². The van der Waals surface area contributed by atoms with Crippen molar-refractivity contribution in [3.63, 3.8) is 0 Å². The summed E-state index contributed by atoms with van der Waals surface area (Å²) in [7, 11) is 0. The van der Waals surface area contributed by atoms with Gasteiger partial charge < -0.3 is 14.4 Å². The molecule has 27 heavy (non-hydrogen) atoms. The predicted octanol–water partition coefficient (Wildman–Crippen LogP) is 3.37. The van der Waals surface area contributed by atoms with Crippen LogP contribution in [-0.4, -0.2) is 44.8 Å². The lowest BCUT2D eigenvalue weighted by molar-refractivity contribution is 0.0689. The van der Waals surface area contributed by atoms with Gasteiger partial charge in [-0.1, -0.05) is 13.0 Å². The molecule has 1 N–H and O–H groups in total. The topological polar surface area (TPSA) is 88.6 Å². The van der Waals surface area contributed by atoms with Crippen LogP contribution in [0.4, 0.5) is 0 Å². The van der Waals surface area contributed by atoms with Crippen LogP contribution in [-0.2, 0) is 6.42 Å². The third-order valence-corrected chi connectivity index (χ3v) is 5.25. The molecule has 1 aliphatic heterocycles. The smallest absolute Gasteiger partial charge is 0.338 e. The van der Waals surface area contributed by atoms with Gasteiger partial charge in [0.05, 0.1) is 23.4 Å². The molecule has 7 heteroatoms. The second kappa shape index (κ2) is 6.90. The van der Waals surface area contributed by atoms with Crippen molar-refractivity contribution >= 4 is 22.8 Å². The molecule has 2 aromatic heterocycles. The van der Waals surface area contributed by atoms with E-state index in [-0.39, 0.29) is 17.5 Å². The van der Waals surface area contributed by atoms with Crippen LogP contribution < -0.4 is 0 Å². The van der Waals surface area contributed by atoms with Crippen molar-refractivity contribution in [3.8, 4) is 0 Å². The van der Waals surface area contributed by atoms with Gasteiger partial charge in [0.1, 0.15) is 11.8 Å². The maximum absolute atomic E-state index is 13.0. The first-order valence-corrected chi connectivity index (χ1v) is 9.13. The first-order chi connectivity index (χ1) is 13.1. The number of aryl methyl sites for hydroxylation is 1. The number of likely N-dealkylation sites (tertiary alicyclic amines) is 1. The van der Waals surface area contributed by atoms with Gasteiger partial charge in [-0.15, -0.1) is 0 Å². The molecule has 1 amide bonds. The van der Waals surface area contributed by atoms with E-state index >= 15 is 0 Å². The molecular formula is C20H21N3O4. The zero-order valence-electron chi connectivity index (χ0n) is 15.1. The summed E-state index contributed by atoms with van der Waals surface area (Å²) in [4.78, 5) is 25.8. The van der Waals surface area contributed by atoms with Gasteiger partial charge in [0.15, 0.2) is 0 Å². The SMILES string of the molecule is CCc1ccc2occ(C(=O)N3CCC(n4cc(C(=O)O)cn4)CC3)c2c1. The summed E-state index contributed by atoms with van der Waals surface area (Å²) in [5.41, 5.74) is 2.68. The van der Waals surface area contributed by atoms with Crippen molar-refractivity contribution in [1.29, 1.82) is 0 Å². The molecule has 0 bridgehead atoms. The number of fused-ring (bicyclic) bond motifs is 1. The summed E-state index contributed by atoms with van der Waals surface area (Å²) >= 11 is 0. The van der Waals surface area contributed by atoms with Crippen molar-refractivity contribution in [2.75, 3.05) is 13.1 Å². The third-order valence-electron chi connectivity index (χ3n) is 5.25. The second-order valence-electron chi connectivity index (χ2n) is 6.87. The zero-order valence-corrected chi connectivity index (χ0v) is 15.1. The standard InChI is InChI=1S/C20H21N3O4/c1-2-13-3-4-18-16(9-13)17(12-27-18)19(24)22-7-5-15(6-8-22)23-11-14(10-21-23)20(25)26/h3-4,9-12,15H,2,5-8H2,1H3,(H,25,26). The second-order valence-corrected chi connectivity index (χ2v) is 6.87. The Morgan fingerprint density at radius 3 is 2.74 bits per heavy atom. The summed E-state index contributed by atoms with van der Waals surface area (Å²) in [6, 6.07) is 6.06. The maximum atomic E-state index is 13.0. The number of hydrogen-bond acceptors (Lipinski definition) is 4. The number of nitrogens with zero attached hydrogens (tertiary/aromatic N) is 3. The van der Waals surface area contributed by atoms with E-state index in [1.54, 1.807) is 17.1 Å². The number of carboxylic acid groups (broad SMARTS) is 1. The number of benzene rings is 1. The van der Waals surface area contributed by atoms with Crippen LogP contribution in [0.3, 0.4) is 0 Å². The maximum Gasteiger partial charge on any atom is 0.338 e. The summed E-state index contributed by atoms with van der Waals surface area (Å²) in [5.74, 6) is -1.00. The number of aromatic carboxylic acids is 1. The normalized spacial score (nSPS) is 15.4. The number of carbonyl (C=O) groups excluding carboxylic acids is 1. The molecule has 140 valence electrons. The highest BCUT2D eigenvalue weighted by molar-refractivity contribution is 6.06. The minimum Gasteiger partial charge on any atom is -0.478 e. The highest BCUT2D eigenvalue weighted by atomic mass is 16.4. The number of amides is 1. The van der Waals surface area contributed by atoms with E-state index in [0.717, 1.165) is 30.2 Å². The first-order valence-electron chi connectivity index (χ1n) is 9.13. The molecule has 1 saturated heterocycles. The Morgan fingerprint density at radius 2 is 2.07 bits per heavy atom. The number of furan rings is 1. The van der Waals surface area contributed by atoms with Crippen molar-refractivity contribution in [1.82, 2.24) is 14.7 Å². The van der Waals surface area contributed by atoms with E-state index in [4.69, 9.17) is 9.52 Å². The number of rotatable bonds is 4. The van der Waals surface area contributed by atoms with Crippen molar-refractivity contribution in [2.45, 2.75) is 32.2 Å². The van der Waals surface area contributed by atoms with Gasteiger partial charge in [0.25, 0.3) is 5.91 Å². The van der Waals surface area contributed by atoms with Crippen LogP contribution in [0.1, 0.15) is 52.1 Å². The fraction of sp³-hybridized carbons (Fsp3) is 0.350. The Labute approximate surface area is 156 Å². The Hall–Kier alpha value is -3.09. The predicted molar refractivity (Wildman–Crippen MR) is 99.0 cm³/mol. The molecule has 0 spiro atoms. The summed E-state index contributed by atoms with van der Waals surface area (Å²) in [6.45, 7) is 3.29. The molecule has 3 heterocycles. The van der Waals surface area contributed by atoms with E-state index in [2.05, 4.69) is 12.0 Å². The van der Waals surface area contributed by atoms with Gasteiger partial charge in [0.2, 0.25) is 0 Å². The van der Waals surface area contributed by atoms with E-state index in [1.807, 2.05) is 23.1 Å². The van der Waals surface area contributed by atoms with E-state index in [1.165, 1.54) is 11.8 Å². The Balaban J connectivity index is 1.48. The quantitative estimate of drug-likeness (QED) is 0.764. The number of aromatic nitrogens is 2. The van der Waals surface area contributed by atoms with Gasteiger partial charge in [-0.05, 0) is 37.0 Å². The molecular weight excluding hydrogens is 346 g/mol. The average molecular weight is 367 g/mol. The molecule has 7 nitrogen and oxygen atoms in total. The molecule has 1 aliphatic rings. The lowest BCUT2D eigenvalue weighted by atomic mass is 10.0. The minimum absolute atomic E-state index is 0.0212. The van der Waals surface area contributed by atoms with Crippen molar-refractivity contribution in [2.24, 2.45) is 0 Å². The monoisotopic (exact) mass is 367 g/mol. The van der Waals surface area contributed by atoms with Gasteiger partial charge in [-0.2, -0.15) is 5.10 Å². The van der Waals surface area contributed by atoms with Crippen molar-refractivity contribution in [3.05, 3.63) is 53.5 Å². The van der Waals surface area contributed by atoms with E-state index in [0.29, 0.717) is 18.7 Å². The van der Waals surface area contributed by atoms with Crippen LogP contribution in [0, 0.1) is 0 Å². The number of carbonyl (C=O) groups is 2. The molecule has 0 unspecified atom stereocenters. The first kappa shape index (κ1) is 17.3. The molecule has 3 aromatic rings. The largest absolute Gasteiger partial charge is 0.478 e.